The predicted octanol–water partition coefficient (Wildman–Crippen LogP) is 3.72. The molecule has 158 valence electrons. The fourth-order valence-corrected chi connectivity index (χ4v) is 3.03. The van der Waals surface area contributed by atoms with Gasteiger partial charge in [0, 0.05) is 17.3 Å². The Bertz CT molecular complexity index is 819. The van der Waals surface area contributed by atoms with Crippen LogP contribution in [-0.2, 0) is 9.53 Å². The van der Waals surface area contributed by atoms with Crippen LogP contribution in [0, 0.1) is 0 Å². The number of benzene rings is 1. The van der Waals surface area contributed by atoms with Crippen LogP contribution in [-0.4, -0.2) is 59.5 Å². The third-order valence-corrected chi connectivity index (χ3v) is 4.30. The molecule has 8 nitrogen and oxygen atoms in total. The second kappa shape index (κ2) is 9.45. The van der Waals surface area contributed by atoms with E-state index in [1.807, 2.05) is 24.3 Å². The van der Waals surface area contributed by atoms with Crippen molar-refractivity contribution in [2.45, 2.75) is 45.3 Å². The molecule has 2 heterocycles. The maximum atomic E-state index is 11.6. The molecule has 1 aliphatic rings. The number of carboxylic acid groups (broad SMARTS) is 1. The lowest BCUT2D eigenvalue weighted by atomic mass is 10.1. The zero-order valence-corrected chi connectivity index (χ0v) is 17.5. The molecule has 1 amide bonds. The zero-order chi connectivity index (χ0) is 21.6. The van der Waals surface area contributed by atoms with Gasteiger partial charge in [-0.25, -0.2) is 14.6 Å². The van der Waals surface area contributed by atoms with Gasteiger partial charge in [-0.2, -0.15) is 0 Å². The molecule has 0 radical (unpaired) electrons. The average Bonchev–Trinajstić information content (AvgIpc) is 3.17. The zero-order valence-electron chi connectivity index (χ0n) is 17.5. The number of carbonyl (C=O) groups excluding carboxylic acids is 1. The van der Waals surface area contributed by atoms with Gasteiger partial charge in [0.2, 0.25) is 5.88 Å². The lowest BCUT2D eigenvalue weighted by Crippen LogP contribution is -2.43. The first kappa shape index (κ1) is 22.3. The van der Waals surface area contributed by atoms with Crippen LogP contribution in [0.5, 0.6) is 11.6 Å². The molecule has 1 saturated heterocycles. The van der Waals surface area contributed by atoms with Crippen molar-refractivity contribution in [2.24, 2.45) is 0 Å². The van der Waals surface area contributed by atoms with E-state index in [4.69, 9.17) is 19.3 Å². The number of hydrogen-bond acceptors (Lipinski definition) is 6. The molecule has 1 N–H and O–H groups in total. The van der Waals surface area contributed by atoms with E-state index in [1.165, 1.54) is 4.90 Å². The van der Waals surface area contributed by atoms with Gasteiger partial charge in [-0.3, -0.25) is 4.90 Å². The standard InChI is InChI=1S/C11H11NO2.C10H17NO4/c1-13-10-7-12-11(14-2)9-6-4-3-5-8(9)10;1-10(2,3)15-9(14)11-6-4-5-7(11)8(12)13/h3-7H,1-2H3;7H,4-6H2,1-3H3,(H,12,13)/t;7-/m.0/s1. The minimum Gasteiger partial charge on any atom is -0.494 e. The number of carbonyl (C=O) groups is 2. The number of ether oxygens (including phenoxy) is 3. The van der Waals surface area contributed by atoms with Crippen molar-refractivity contribution >= 4 is 22.8 Å². The van der Waals surface area contributed by atoms with Crippen LogP contribution in [0.1, 0.15) is 33.6 Å². The normalized spacial score (nSPS) is 16.0. The third-order valence-electron chi connectivity index (χ3n) is 4.30. The summed E-state index contributed by atoms with van der Waals surface area (Å²) >= 11 is 0. The quantitative estimate of drug-likeness (QED) is 0.832. The molecule has 0 saturated carbocycles. The molecule has 2 aromatic rings. The number of carboxylic acids is 1. The molecule has 29 heavy (non-hydrogen) atoms. The van der Waals surface area contributed by atoms with E-state index < -0.39 is 23.7 Å². The number of hydrogen-bond donors (Lipinski definition) is 1. The highest BCUT2D eigenvalue weighted by Gasteiger charge is 2.36. The van der Waals surface area contributed by atoms with Crippen molar-refractivity contribution in [3.05, 3.63) is 30.5 Å². The Morgan fingerprint density at radius 1 is 1.14 bits per heavy atom. The van der Waals surface area contributed by atoms with Gasteiger partial charge in [0.05, 0.1) is 20.4 Å². The largest absolute Gasteiger partial charge is 0.494 e. The average molecular weight is 404 g/mol. The first-order valence-corrected chi connectivity index (χ1v) is 9.36. The summed E-state index contributed by atoms with van der Waals surface area (Å²) in [6.07, 6.45) is 2.36. The Labute approximate surface area is 170 Å². The molecule has 1 aromatic carbocycles. The molecule has 1 aromatic heterocycles. The first-order valence-electron chi connectivity index (χ1n) is 9.36. The second-order valence-electron chi connectivity index (χ2n) is 7.55. The smallest absolute Gasteiger partial charge is 0.411 e. The molecular formula is C21H28N2O6. The fourth-order valence-electron chi connectivity index (χ4n) is 3.03. The molecular weight excluding hydrogens is 376 g/mol. The van der Waals surface area contributed by atoms with Crippen LogP contribution in [0.2, 0.25) is 0 Å². The molecule has 0 aliphatic carbocycles. The second-order valence-corrected chi connectivity index (χ2v) is 7.55. The van der Waals surface area contributed by atoms with Gasteiger partial charge in [-0.15, -0.1) is 0 Å². The van der Waals surface area contributed by atoms with E-state index in [0.717, 1.165) is 22.9 Å². The van der Waals surface area contributed by atoms with E-state index in [9.17, 15) is 9.59 Å². The van der Waals surface area contributed by atoms with Gasteiger partial charge in [-0.1, -0.05) is 18.2 Å². The summed E-state index contributed by atoms with van der Waals surface area (Å²) < 4.78 is 15.5. The minimum atomic E-state index is -0.960. The molecule has 0 bridgehead atoms. The topological polar surface area (TPSA) is 98.2 Å². The van der Waals surface area contributed by atoms with E-state index in [2.05, 4.69) is 4.98 Å². The monoisotopic (exact) mass is 404 g/mol. The van der Waals surface area contributed by atoms with Crippen molar-refractivity contribution in [1.82, 2.24) is 9.88 Å². The Morgan fingerprint density at radius 2 is 1.79 bits per heavy atom. The first-order chi connectivity index (χ1) is 13.7. The van der Waals surface area contributed by atoms with Crippen LogP contribution >= 0.6 is 0 Å². The van der Waals surface area contributed by atoms with Crippen molar-refractivity contribution in [2.75, 3.05) is 20.8 Å². The molecule has 0 unspecified atom stereocenters. The maximum absolute atomic E-state index is 11.6. The summed E-state index contributed by atoms with van der Waals surface area (Å²) in [5.41, 5.74) is -0.581. The Morgan fingerprint density at radius 3 is 2.34 bits per heavy atom. The number of pyridine rings is 1. The van der Waals surface area contributed by atoms with E-state index in [0.29, 0.717) is 18.8 Å². The van der Waals surface area contributed by atoms with Crippen LogP contribution in [0.15, 0.2) is 30.5 Å². The number of likely N-dealkylation sites (tertiary alicyclic amines) is 1. The van der Waals surface area contributed by atoms with Crippen LogP contribution in [0.25, 0.3) is 10.8 Å². The number of aliphatic carboxylic acids is 1. The molecule has 1 atom stereocenters. The van der Waals surface area contributed by atoms with E-state index in [-0.39, 0.29) is 0 Å². The molecule has 1 aliphatic heterocycles. The van der Waals surface area contributed by atoms with Crippen molar-refractivity contribution in [3.8, 4) is 11.6 Å². The number of rotatable bonds is 3. The van der Waals surface area contributed by atoms with Gasteiger partial charge in [0.15, 0.2) is 0 Å². The molecule has 3 rings (SSSR count). The summed E-state index contributed by atoms with van der Waals surface area (Å²) in [4.78, 5) is 27.9. The van der Waals surface area contributed by atoms with Crippen molar-refractivity contribution in [1.29, 1.82) is 0 Å². The van der Waals surface area contributed by atoms with Crippen molar-refractivity contribution in [3.63, 3.8) is 0 Å². The molecule has 1 fully saturated rings. The number of methoxy groups -OCH3 is 2. The minimum absolute atomic E-state index is 0.464. The van der Waals surface area contributed by atoms with Gasteiger partial charge in [-0.05, 0) is 39.7 Å². The highest BCUT2D eigenvalue weighted by atomic mass is 16.6. The Balaban J connectivity index is 0.000000207. The highest BCUT2D eigenvalue weighted by Crippen LogP contribution is 2.30. The summed E-state index contributed by atoms with van der Waals surface area (Å²) in [5.74, 6) is 0.432. The van der Waals surface area contributed by atoms with Crippen LogP contribution in [0.3, 0.4) is 0 Å². The summed E-state index contributed by atoms with van der Waals surface area (Å²) in [5, 5.41) is 10.9. The molecule has 8 heteroatoms. The lowest BCUT2D eigenvalue weighted by molar-refractivity contribution is -0.142. The van der Waals surface area contributed by atoms with Gasteiger partial charge < -0.3 is 19.3 Å². The molecule has 0 spiro atoms. The van der Waals surface area contributed by atoms with E-state index >= 15 is 0 Å². The van der Waals surface area contributed by atoms with Crippen molar-refractivity contribution < 1.29 is 28.9 Å². The van der Waals surface area contributed by atoms with Gasteiger partial charge >= 0.3 is 12.1 Å². The van der Waals surface area contributed by atoms with Gasteiger partial charge in [0.25, 0.3) is 0 Å². The van der Waals surface area contributed by atoms with Crippen LogP contribution in [0.4, 0.5) is 4.79 Å². The summed E-state index contributed by atoms with van der Waals surface area (Å²) in [7, 11) is 3.25. The van der Waals surface area contributed by atoms with E-state index in [1.54, 1.807) is 41.2 Å². The highest BCUT2D eigenvalue weighted by molar-refractivity contribution is 5.91. The lowest BCUT2D eigenvalue weighted by Gasteiger charge is -2.26. The fraction of sp³-hybridized carbons (Fsp3) is 0.476. The number of fused-ring (bicyclic) bond motifs is 1. The predicted molar refractivity (Wildman–Crippen MR) is 108 cm³/mol. The van der Waals surface area contributed by atoms with Gasteiger partial charge in [0.1, 0.15) is 17.4 Å². The summed E-state index contributed by atoms with van der Waals surface area (Å²) in [6.45, 7) is 5.75. The SMILES string of the molecule is CC(C)(C)OC(=O)N1CCC[C@H]1C(=O)O.COc1cnc(OC)c2ccccc12. The Hall–Kier alpha value is -3.03. The number of amides is 1. The number of aromatic nitrogens is 1. The third kappa shape index (κ3) is 5.73. The van der Waals surface area contributed by atoms with Crippen LogP contribution < -0.4 is 9.47 Å². The summed E-state index contributed by atoms with van der Waals surface area (Å²) in [6, 6.07) is 7.14. The maximum Gasteiger partial charge on any atom is 0.411 e. The Kier molecular flexibility index (Phi) is 7.25. The number of nitrogens with zero attached hydrogens (tertiary/aromatic N) is 2.